The van der Waals surface area contributed by atoms with E-state index in [4.69, 9.17) is 0 Å². The van der Waals surface area contributed by atoms with Crippen LogP contribution in [0.2, 0.25) is 0 Å². The molecule has 5 nitrogen and oxygen atoms in total. The van der Waals surface area contributed by atoms with Crippen molar-refractivity contribution in [1.29, 1.82) is 0 Å². The molecule has 1 N–H and O–H groups in total. The summed E-state index contributed by atoms with van der Waals surface area (Å²) in [4.78, 5) is 17.4. The lowest BCUT2D eigenvalue weighted by Gasteiger charge is -2.19. The number of hydrazone groups is 1. The van der Waals surface area contributed by atoms with Gasteiger partial charge in [0.2, 0.25) is 0 Å². The van der Waals surface area contributed by atoms with E-state index in [-0.39, 0.29) is 5.56 Å². The lowest BCUT2D eigenvalue weighted by molar-refractivity contribution is 0.597. The Morgan fingerprint density at radius 2 is 1.92 bits per heavy atom. The van der Waals surface area contributed by atoms with E-state index in [1.54, 1.807) is 4.57 Å². The van der Waals surface area contributed by atoms with Crippen LogP contribution in [0, 0.1) is 6.92 Å². The minimum absolute atomic E-state index is 0.0123. The molecule has 1 aliphatic heterocycles. The number of hydrogen-bond donors (Lipinski definition) is 1. The molecular weight excluding hydrogens is 300 g/mol. The summed E-state index contributed by atoms with van der Waals surface area (Å²) in [7, 11) is 0. The highest BCUT2D eigenvalue weighted by Gasteiger charge is 2.20. The molecule has 0 atom stereocenters. The fourth-order valence-electron chi connectivity index (χ4n) is 2.98. The Hall–Kier alpha value is -2.95. The number of benzene rings is 2. The van der Waals surface area contributed by atoms with Crippen molar-refractivity contribution < 1.29 is 0 Å². The van der Waals surface area contributed by atoms with Crippen LogP contribution in [-0.4, -0.2) is 15.3 Å². The Morgan fingerprint density at radius 3 is 2.75 bits per heavy atom. The van der Waals surface area contributed by atoms with Crippen molar-refractivity contribution in [1.82, 2.24) is 9.55 Å². The molecule has 0 radical (unpaired) electrons. The standard InChI is InChI=1S/C19H18N4O/c1-13-8-10-14(11-9-13)21-22-17-7-4-12-23-18(17)20-16-6-3-2-5-15(16)19(23)24/h2-3,5-6,8-11,21H,4,7,12H2,1H3. The van der Waals surface area contributed by atoms with E-state index >= 15 is 0 Å². The Morgan fingerprint density at radius 1 is 1.12 bits per heavy atom. The van der Waals surface area contributed by atoms with Gasteiger partial charge in [-0.2, -0.15) is 5.10 Å². The maximum absolute atomic E-state index is 12.7. The number of aryl methyl sites for hydroxylation is 1. The summed E-state index contributed by atoms with van der Waals surface area (Å²) in [5.74, 6) is 0.671. The number of rotatable bonds is 2. The normalized spacial score (nSPS) is 15.5. The first-order chi connectivity index (χ1) is 11.7. The van der Waals surface area contributed by atoms with E-state index in [2.05, 4.69) is 22.4 Å². The van der Waals surface area contributed by atoms with Gasteiger partial charge < -0.3 is 0 Å². The zero-order chi connectivity index (χ0) is 16.5. The minimum atomic E-state index is 0.0123. The lowest BCUT2D eigenvalue weighted by Crippen LogP contribution is -2.32. The van der Waals surface area contributed by atoms with Crippen molar-refractivity contribution in [2.75, 3.05) is 5.43 Å². The molecule has 0 fully saturated rings. The highest BCUT2D eigenvalue weighted by Crippen LogP contribution is 2.16. The Balaban J connectivity index is 1.76. The maximum Gasteiger partial charge on any atom is 0.261 e. The molecule has 0 unspecified atom stereocenters. The van der Waals surface area contributed by atoms with Crippen molar-refractivity contribution in [3.05, 3.63) is 70.3 Å². The summed E-state index contributed by atoms with van der Waals surface area (Å²) in [6, 6.07) is 15.5. The summed E-state index contributed by atoms with van der Waals surface area (Å²) >= 11 is 0. The van der Waals surface area contributed by atoms with Crippen molar-refractivity contribution in [3.63, 3.8) is 0 Å². The molecule has 1 aliphatic rings. The van der Waals surface area contributed by atoms with Crippen molar-refractivity contribution in [3.8, 4) is 0 Å². The molecule has 1 aromatic heterocycles. The Labute approximate surface area is 139 Å². The molecule has 3 aromatic rings. The Kier molecular flexibility index (Phi) is 3.61. The van der Waals surface area contributed by atoms with Crippen LogP contribution < -0.4 is 11.0 Å². The van der Waals surface area contributed by atoms with E-state index in [9.17, 15) is 4.79 Å². The first kappa shape index (κ1) is 14.6. The van der Waals surface area contributed by atoms with Crippen LogP contribution in [0.4, 0.5) is 5.69 Å². The minimum Gasteiger partial charge on any atom is -0.291 e. The summed E-state index contributed by atoms with van der Waals surface area (Å²) in [6.07, 6.45) is 1.70. The monoisotopic (exact) mass is 318 g/mol. The van der Waals surface area contributed by atoms with Crippen LogP contribution in [0.25, 0.3) is 10.9 Å². The first-order valence-electron chi connectivity index (χ1n) is 8.11. The predicted octanol–water partition coefficient (Wildman–Crippen LogP) is 3.31. The molecule has 4 rings (SSSR count). The topological polar surface area (TPSA) is 59.3 Å². The molecule has 0 saturated carbocycles. The van der Waals surface area contributed by atoms with Gasteiger partial charge in [0, 0.05) is 6.54 Å². The highest BCUT2D eigenvalue weighted by atomic mass is 16.1. The third-order valence-corrected chi connectivity index (χ3v) is 4.29. The second kappa shape index (κ2) is 5.92. The average Bonchev–Trinajstić information content (AvgIpc) is 2.62. The predicted molar refractivity (Wildman–Crippen MR) is 96.6 cm³/mol. The van der Waals surface area contributed by atoms with E-state index < -0.39 is 0 Å². The molecular formula is C19H18N4O. The number of fused-ring (bicyclic) bond motifs is 2. The summed E-state index contributed by atoms with van der Waals surface area (Å²) in [5, 5.41) is 5.18. The van der Waals surface area contributed by atoms with Gasteiger partial charge in [0.05, 0.1) is 16.6 Å². The molecule has 24 heavy (non-hydrogen) atoms. The second-order valence-corrected chi connectivity index (χ2v) is 6.05. The molecule has 0 aliphatic carbocycles. The Bertz CT molecular complexity index is 986. The van der Waals surface area contributed by atoms with E-state index in [1.165, 1.54) is 5.56 Å². The second-order valence-electron chi connectivity index (χ2n) is 6.05. The van der Waals surface area contributed by atoms with Crippen LogP contribution >= 0.6 is 0 Å². The zero-order valence-corrected chi connectivity index (χ0v) is 13.5. The number of anilines is 1. The van der Waals surface area contributed by atoms with Gasteiger partial charge in [-0.1, -0.05) is 29.8 Å². The van der Waals surface area contributed by atoms with Gasteiger partial charge in [-0.25, -0.2) is 4.98 Å². The van der Waals surface area contributed by atoms with Gasteiger partial charge in [0.1, 0.15) is 5.71 Å². The van der Waals surface area contributed by atoms with Gasteiger partial charge in [-0.15, -0.1) is 0 Å². The number of hydrogen-bond acceptors (Lipinski definition) is 4. The van der Waals surface area contributed by atoms with Gasteiger partial charge in [-0.3, -0.25) is 14.8 Å². The van der Waals surface area contributed by atoms with Crippen LogP contribution in [0.3, 0.4) is 0 Å². The largest absolute Gasteiger partial charge is 0.291 e. The quantitative estimate of drug-likeness (QED) is 0.737. The molecule has 120 valence electrons. The van der Waals surface area contributed by atoms with Crippen LogP contribution in [0.1, 0.15) is 24.2 Å². The van der Waals surface area contributed by atoms with E-state index in [0.717, 1.165) is 29.8 Å². The molecule has 0 bridgehead atoms. The third kappa shape index (κ3) is 2.58. The maximum atomic E-state index is 12.7. The summed E-state index contributed by atoms with van der Waals surface area (Å²) in [5.41, 5.74) is 6.77. The molecule has 2 aromatic carbocycles. The number of para-hydroxylation sites is 1. The summed E-state index contributed by atoms with van der Waals surface area (Å²) in [6.45, 7) is 2.74. The fraction of sp³-hybridized carbons (Fsp3) is 0.211. The number of aromatic nitrogens is 2. The number of nitrogens with one attached hydrogen (secondary N) is 1. The average molecular weight is 318 g/mol. The van der Waals surface area contributed by atoms with Gasteiger partial charge >= 0.3 is 0 Å². The van der Waals surface area contributed by atoms with E-state index in [0.29, 0.717) is 17.8 Å². The smallest absolute Gasteiger partial charge is 0.261 e. The highest BCUT2D eigenvalue weighted by molar-refractivity contribution is 5.99. The van der Waals surface area contributed by atoms with Crippen LogP contribution in [0.15, 0.2) is 58.4 Å². The van der Waals surface area contributed by atoms with Gasteiger partial charge in [0.25, 0.3) is 5.56 Å². The molecule has 0 saturated heterocycles. The lowest BCUT2D eigenvalue weighted by atomic mass is 10.1. The van der Waals surface area contributed by atoms with Gasteiger partial charge in [0.15, 0.2) is 5.82 Å². The fourth-order valence-corrected chi connectivity index (χ4v) is 2.98. The first-order valence-corrected chi connectivity index (χ1v) is 8.11. The third-order valence-electron chi connectivity index (χ3n) is 4.29. The number of nitrogens with zero attached hydrogens (tertiary/aromatic N) is 3. The summed E-state index contributed by atoms with van der Waals surface area (Å²) < 4.78 is 1.74. The molecule has 5 heteroatoms. The SMILES string of the molecule is Cc1ccc(NN=C2CCCn3c2nc2ccccc2c3=O)cc1. The molecule has 2 heterocycles. The van der Waals surface area contributed by atoms with Crippen molar-refractivity contribution in [2.45, 2.75) is 26.3 Å². The van der Waals surface area contributed by atoms with Crippen LogP contribution in [0.5, 0.6) is 0 Å². The molecule has 0 spiro atoms. The zero-order valence-electron chi connectivity index (χ0n) is 13.5. The molecule has 0 amide bonds. The van der Waals surface area contributed by atoms with Gasteiger partial charge in [-0.05, 0) is 44.0 Å². The van der Waals surface area contributed by atoms with E-state index in [1.807, 2.05) is 48.5 Å². The van der Waals surface area contributed by atoms with Crippen molar-refractivity contribution in [2.24, 2.45) is 5.10 Å². The van der Waals surface area contributed by atoms with Crippen molar-refractivity contribution >= 4 is 22.3 Å². The van der Waals surface area contributed by atoms with Crippen LogP contribution in [-0.2, 0) is 6.54 Å².